The minimum atomic E-state index is -2.34. The Balaban J connectivity index is 2.99. The van der Waals surface area contributed by atoms with Crippen LogP contribution in [0.15, 0.2) is 36.0 Å². The first-order valence-electron chi connectivity index (χ1n) is 3.88. The van der Waals surface area contributed by atoms with Crippen molar-refractivity contribution in [2.45, 2.75) is 20.3 Å². The molecule has 0 aromatic carbocycles. The smallest absolute Gasteiger partial charge is 0.209 e. The van der Waals surface area contributed by atoms with Gasteiger partial charge in [0.15, 0.2) is 0 Å². The van der Waals surface area contributed by atoms with Gasteiger partial charge in [0.1, 0.15) is 0 Å². The van der Waals surface area contributed by atoms with Crippen molar-refractivity contribution in [2.75, 3.05) is 0 Å². The van der Waals surface area contributed by atoms with Crippen LogP contribution in [0.5, 0.6) is 0 Å². The third-order valence-corrected chi connectivity index (χ3v) is 1.93. The molecule has 0 saturated carbocycles. The maximum atomic E-state index is 12.5. The van der Waals surface area contributed by atoms with Gasteiger partial charge in [0, 0.05) is 0 Å². The number of halogens is 2. The fourth-order valence-corrected chi connectivity index (χ4v) is 1.19. The SMILES string of the molecule is CC1=CC(C)(C(F)F)C=CC=C1. The van der Waals surface area contributed by atoms with Crippen molar-refractivity contribution in [1.82, 2.24) is 0 Å². The molecule has 0 radical (unpaired) electrons. The molecule has 0 aliphatic heterocycles. The van der Waals surface area contributed by atoms with Crippen LogP contribution < -0.4 is 0 Å². The second-order valence-corrected chi connectivity index (χ2v) is 3.27. The molecule has 0 heterocycles. The molecule has 0 nitrogen and oxygen atoms in total. The van der Waals surface area contributed by atoms with Gasteiger partial charge in [0.2, 0.25) is 0 Å². The highest BCUT2D eigenvalue weighted by Gasteiger charge is 2.29. The van der Waals surface area contributed by atoms with Gasteiger partial charge in [-0.1, -0.05) is 36.0 Å². The Morgan fingerprint density at radius 2 is 2.00 bits per heavy atom. The van der Waals surface area contributed by atoms with Crippen LogP contribution in [0.25, 0.3) is 0 Å². The van der Waals surface area contributed by atoms with Crippen molar-refractivity contribution in [3.05, 3.63) is 36.0 Å². The van der Waals surface area contributed by atoms with Crippen molar-refractivity contribution in [3.8, 4) is 0 Å². The first-order valence-corrected chi connectivity index (χ1v) is 3.88. The van der Waals surface area contributed by atoms with Crippen LogP contribution in [0, 0.1) is 5.41 Å². The molecule has 0 fully saturated rings. The van der Waals surface area contributed by atoms with Crippen LogP contribution in [0.2, 0.25) is 0 Å². The van der Waals surface area contributed by atoms with E-state index in [1.54, 1.807) is 18.2 Å². The molecular weight excluding hydrogens is 158 g/mol. The lowest BCUT2D eigenvalue weighted by atomic mass is 9.89. The fraction of sp³-hybridized carbons (Fsp3) is 0.400. The van der Waals surface area contributed by atoms with E-state index in [0.29, 0.717) is 0 Å². The van der Waals surface area contributed by atoms with Crippen LogP contribution in [-0.4, -0.2) is 6.43 Å². The van der Waals surface area contributed by atoms with Crippen LogP contribution in [0.1, 0.15) is 13.8 Å². The Labute approximate surface area is 71.3 Å². The third-order valence-electron chi connectivity index (χ3n) is 1.93. The lowest BCUT2D eigenvalue weighted by molar-refractivity contribution is 0.0679. The standard InChI is InChI=1S/C10H12F2/c1-8-5-3-4-6-10(2,7-8)9(11)12/h3-7,9H,1-2H3. The first kappa shape index (κ1) is 9.17. The van der Waals surface area contributed by atoms with Gasteiger partial charge in [0.05, 0.1) is 5.41 Å². The summed E-state index contributed by atoms with van der Waals surface area (Å²) in [4.78, 5) is 0. The summed E-state index contributed by atoms with van der Waals surface area (Å²) in [7, 11) is 0. The van der Waals surface area contributed by atoms with Crippen LogP contribution in [0.3, 0.4) is 0 Å². The summed E-state index contributed by atoms with van der Waals surface area (Å²) in [5, 5.41) is 0. The molecular formula is C10H12F2. The maximum absolute atomic E-state index is 12.5. The maximum Gasteiger partial charge on any atom is 0.250 e. The van der Waals surface area contributed by atoms with Gasteiger partial charge in [0.25, 0.3) is 6.43 Å². The normalized spacial score (nSPS) is 28.9. The molecule has 1 atom stereocenters. The largest absolute Gasteiger partial charge is 0.250 e. The zero-order valence-corrected chi connectivity index (χ0v) is 7.22. The van der Waals surface area contributed by atoms with Crippen molar-refractivity contribution in [3.63, 3.8) is 0 Å². The van der Waals surface area contributed by atoms with E-state index in [9.17, 15) is 8.78 Å². The predicted molar refractivity (Wildman–Crippen MR) is 46.1 cm³/mol. The number of hydrogen-bond acceptors (Lipinski definition) is 0. The quantitative estimate of drug-likeness (QED) is 0.566. The van der Waals surface area contributed by atoms with Crippen molar-refractivity contribution in [1.29, 1.82) is 0 Å². The molecule has 0 spiro atoms. The van der Waals surface area contributed by atoms with Crippen LogP contribution in [-0.2, 0) is 0 Å². The molecule has 1 unspecified atom stereocenters. The molecule has 2 heteroatoms. The second kappa shape index (κ2) is 3.21. The summed E-state index contributed by atoms with van der Waals surface area (Å²) in [6.45, 7) is 3.36. The zero-order valence-electron chi connectivity index (χ0n) is 7.22. The molecule has 12 heavy (non-hydrogen) atoms. The van der Waals surface area contributed by atoms with E-state index in [4.69, 9.17) is 0 Å². The highest BCUT2D eigenvalue weighted by Crippen LogP contribution is 2.31. The summed E-state index contributed by atoms with van der Waals surface area (Å²) in [5.41, 5.74) is -0.226. The Kier molecular flexibility index (Phi) is 2.46. The van der Waals surface area contributed by atoms with E-state index >= 15 is 0 Å². The Morgan fingerprint density at radius 3 is 2.58 bits per heavy atom. The number of allylic oxidation sites excluding steroid dienone is 6. The van der Waals surface area contributed by atoms with E-state index in [0.717, 1.165) is 5.57 Å². The molecule has 0 bridgehead atoms. The van der Waals surface area contributed by atoms with Gasteiger partial charge < -0.3 is 0 Å². The molecule has 1 rings (SSSR count). The van der Waals surface area contributed by atoms with Crippen LogP contribution >= 0.6 is 0 Å². The van der Waals surface area contributed by atoms with Gasteiger partial charge in [-0.15, -0.1) is 0 Å². The number of alkyl halides is 2. The van der Waals surface area contributed by atoms with Gasteiger partial charge >= 0.3 is 0 Å². The minimum absolute atomic E-state index is 0.878. The van der Waals surface area contributed by atoms with Gasteiger partial charge in [-0.3, -0.25) is 0 Å². The van der Waals surface area contributed by atoms with E-state index < -0.39 is 11.8 Å². The van der Waals surface area contributed by atoms with E-state index in [1.807, 2.05) is 13.0 Å². The molecule has 1 aliphatic carbocycles. The molecule has 0 saturated heterocycles. The summed E-state index contributed by atoms with van der Waals surface area (Å²) in [6, 6.07) is 0. The molecule has 0 aromatic rings. The number of hydrogen-bond donors (Lipinski definition) is 0. The molecule has 0 amide bonds. The van der Waals surface area contributed by atoms with E-state index in [2.05, 4.69) is 0 Å². The Bertz CT molecular complexity index is 249. The molecule has 66 valence electrons. The monoisotopic (exact) mass is 170 g/mol. The predicted octanol–water partition coefficient (Wildman–Crippen LogP) is 3.33. The zero-order chi connectivity index (χ0) is 9.19. The summed E-state index contributed by atoms with van der Waals surface area (Å²) in [6.07, 6.45) is 6.05. The van der Waals surface area contributed by atoms with Gasteiger partial charge in [-0.05, 0) is 13.8 Å². The minimum Gasteiger partial charge on any atom is -0.209 e. The van der Waals surface area contributed by atoms with Gasteiger partial charge in [-0.25, -0.2) is 8.78 Å². The fourth-order valence-electron chi connectivity index (χ4n) is 1.19. The lowest BCUT2D eigenvalue weighted by Crippen LogP contribution is -2.20. The van der Waals surface area contributed by atoms with Gasteiger partial charge in [-0.2, -0.15) is 0 Å². The Hall–Kier alpha value is -0.920. The van der Waals surface area contributed by atoms with Crippen molar-refractivity contribution in [2.24, 2.45) is 5.41 Å². The average molecular weight is 170 g/mol. The van der Waals surface area contributed by atoms with E-state index in [1.165, 1.54) is 13.0 Å². The average Bonchev–Trinajstić information content (AvgIpc) is 2.12. The topological polar surface area (TPSA) is 0 Å². The van der Waals surface area contributed by atoms with Crippen LogP contribution in [0.4, 0.5) is 8.78 Å². The summed E-state index contributed by atoms with van der Waals surface area (Å²) in [5.74, 6) is 0. The summed E-state index contributed by atoms with van der Waals surface area (Å²) >= 11 is 0. The number of rotatable bonds is 1. The first-order chi connectivity index (χ1) is 5.54. The second-order valence-electron chi connectivity index (χ2n) is 3.27. The highest BCUT2D eigenvalue weighted by atomic mass is 19.3. The highest BCUT2D eigenvalue weighted by molar-refractivity contribution is 5.30. The molecule has 1 aliphatic rings. The molecule has 0 aromatic heterocycles. The van der Waals surface area contributed by atoms with Crippen molar-refractivity contribution >= 4 is 0 Å². The lowest BCUT2D eigenvalue weighted by Gasteiger charge is -2.20. The summed E-state index contributed by atoms with van der Waals surface area (Å²) < 4.78 is 25.1. The molecule has 0 N–H and O–H groups in total. The Morgan fingerprint density at radius 1 is 1.33 bits per heavy atom. The third kappa shape index (κ3) is 1.81. The van der Waals surface area contributed by atoms with E-state index in [-0.39, 0.29) is 0 Å². The van der Waals surface area contributed by atoms with Crippen molar-refractivity contribution < 1.29 is 8.78 Å².